The van der Waals surface area contributed by atoms with Crippen molar-refractivity contribution in [1.29, 1.82) is 0 Å². The molecule has 1 aliphatic rings. The van der Waals surface area contributed by atoms with E-state index >= 15 is 0 Å². The Kier molecular flexibility index (Phi) is 5.21. The number of anilines is 1. The lowest BCUT2D eigenvalue weighted by atomic mass is 10.1. The lowest BCUT2D eigenvalue weighted by Crippen LogP contribution is -2.33. The lowest BCUT2D eigenvalue weighted by molar-refractivity contribution is -0.118. The number of carbonyl (C=O) groups is 3. The second kappa shape index (κ2) is 7.57. The van der Waals surface area contributed by atoms with Gasteiger partial charge in [-0.3, -0.25) is 19.3 Å². The Labute approximate surface area is 155 Å². The van der Waals surface area contributed by atoms with Crippen LogP contribution in [-0.2, 0) is 4.79 Å². The molecule has 3 rings (SSSR count). The quantitative estimate of drug-likeness (QED) is 0.793. The van der Waals surface area contributed by atoms with Crippen molar-refractivity contribution in [3.05, 3.63) is 59.4 Å². The number of rotatable bonds is 6. The van der Waals surface area contributed by atoms with Crippen molar-refractivity contribution < 1.29 is 23.5 Å². The summed E-state index contributed by atoms with van der Waals surface area (Å²) in [5.74, 6) is -0.977. The van der Waals surface area contributed by atoms with Gasteiger partial charge in [-0.05, 0) is 48.4 Å². The highest BCUT2D eigenvalue weighted by Gasteiger charge is 2.35. The van der Waals surface area contributed by atoms with Crippen molar-refractivity contribution in [3.63, 3.8) is 0 Å². The predicted octanol–water partition coefficient (Wildman–Crippen LogP) is 3.10. The number of ether oxygens (including phenoxy) is 1. The highest BCUT2D eigenvalue weighted by molar-refractivity contribution is 6.21. The molecule has 0 saturated carbocycles. The molecule has 1 heterocycles. The van der Waals surface area contributed by atoms with Crippen molar-refractivity contribution in [3.8, 4) is 5.75 Å². The Bertz CT molecular complexity index is 893. The topological polar surface area (TPSA) is 75.7 Å². The average Bonchev–Trinajstić information content (AvgIpc) is 2.85. The van der Waals surface area contributed by atoms with Crippen LogP contribution in [0, 0.1) is 11.7 Å². The zero-order valence-electron chi connectivity index (χ0n) is 15.0. The number of benzene rings is 2. The number of nitrogens with zero attached hydrogens (tertiary/aromatic N) is 1. The third kappa shape index (κ3) is 4.13. The number of carbonyl (C=O) groups excluding carboxylic acids is 3. The zero-order chi connectivity index (χ0) is 19.6. The number of hydrogen-bond acceptors (Lipinski definition) is 4. The van der Waals surface area contributed by atoms with E-state index in [0.29, 0.717) is 23.5 Å². The number of hydrogen-bond donors (Lipinski definition) is 1. The number of imide groups is 1. The van der Waals surface area contributed by atoms with Crippen LogP contribution in [0.5, 0.6) is 5.75 Å². The number of halogens is 1. The highest BCUT2D eigenvalue weighted by atomic mass is 19.1. The highest BCUT2D eigenvalue weighted by Crippen LogP contribution is 2.26. The number of amides is 3. The molecule has 3 amide bonds. The fraction of sp³-hybridized carbons (Fsp3) is 0.250. The third-order valence-corrected chi connectivity index (χ3v) is 3.99. The van der Waals surface area contributed by atoms with Crippen molar-refractivity contribution in [2.45, 2.75) is 13.8 Å². The Balaban J connectivity index is 1.65. The van der Waals surface area contributed by atoms with E-state index in [2.05, 4.69) is 5.32 Å². The molecule has 0 unspecified atom stereocenters. The molecule has 0 spiro atoms. The summed E-state index contributed by atoms with van der Waals surface area (Å²) in [5, 5.41) is 2.62. The van der Waals surface area contributed by atoms with Gasteiger partial charge in [0.1, 0.15) is 11.6 Å². The van der Waals surface area contributed by atoms with Crippen molar-refractivity contribution >= 4 is 23.4 Å². The Morgan fingerprint density at radius 3 is 2.41 bits per heavy atom. The zero-order valence-corrected chi connectivity index (χ0v) is 15.0. The molecule has 2 aromatic rings. The van der Waals surface area contributed by atoms with Crippen molar-refractivity contribution in [1.82, 2.24) is 4.90 Å². The van der Waals surface area contributed by atoms with Crippen LogP contribution in [0.15, 0.2) is 42.5 Å². The molecule has 2 aromatic carbocycles. The van der Waals surface area contributed by atoms with Gasteiger partial charge in [-0.25, -0.2) is 4.39 Å². The largest absolute Gasteiger partial charge is 0.484 e. The molecule has 0 atom stereocenters. The minimum Gasteiger partial charge on any atom is -0.484 e. The van der Waals surface area contributed by atoms with Crippen LogP contribution in [0.4, 0.5) is 10.1 Å². The van der Waals surface area contributed by atoms with Crippen LogP contribution in [0.25, 0.3) is 0 Å². The molecule has 140 valence electrons. The molecule has 0 aromatic heterocycles. The molecule has 0 saturated heterocycles. The van der Waals surface area contributed by atoms with Gasteiger partial charge in [-0.1, -0.05) is 13.8 Å². The second-order valence-corrected chi connectivity index (χ2v) is 6.67. The third-order valence-electron chi connectivity index (χ3n) is 3.99. The monoisotopic (exact) mass is 370 g/mol. The van der Waals surface area contributed by atoms with Gasteiger partial charge in [-0.2, -0.15) is 0 Å². The van der Waals surface area contributed by atoms with Gasteiger partial charge >= 0.3 is 0 Å². The van der Waals surface area contributed by atoms with E-state index in [9.17, 15) is 18.8 Å². The molecule has 0 aliphatic carbocycles. The van der Waals surface area contributed by atoms with Gasteiger partial charge in [0.25, 0.3) is 17.7 Å². The Hall–Kier alpha value is -3.22. The minimum atomic E-state index is -0.435. The maximum Gasteiger partial charge on any atom is 0.262 e. The molecule has 0 bridgehead atoms. The summed E-state index contributed by atoms with van der Waals surface area (Å²) in [6.07, 6.45) is 0. The smallest absolute Gasteiger partial charge is 0.262 e. The van der Waals surface area contributed by atoms with Gasteiger partial charge in [0.2, 0.25) is 0 Å². The van der Waals surface area contributed by atoms with Crippen molar-refractivity contribution in [2.24, 2.45) is 5.92 Å². The molecular formula is C20H19FN2O4. The predicted molar refractivity (Wildman–Crippen MR) is 97.2 cm³/mol. The molecule has 0 fully saturated rings. The van der Waals surface area contributed by atoms with Gasteiger partial charge < -0.3 is 10.1 Å². The van der Waals surface area contributed by atoms with E-state index < -0.39 is 11.7 Å². The molecule has 1 aliphatic heterocycles. The number of nitrogens with one attached hydrogen (secondary N) is 1. The van der Waals surface area contributed by atoms with Crippen LogP contribution >= 0.6 is 0 Å². The number of fused-ring (bicyclic) bond motifs is 1. The lowest BCUT2D eigenvalue weighted by Gasteiger charge is -2.15. The first-order chi connectivity index (χ1) is 12.8. The molecular weight excluding hydrogens is 351 g/mol. The van der Waals surface area contributed by atoms with Gasteiger partial charge in [0.15, 0.2) is 6.61 Å². The normalized spacial score (nSPS) is 13.1. The fourth-order valence-corrected chi connectivity index (χ4v) is 2.78. The first kappa shape index (κ1) is 18.6. The summed E-state index contributed by atoms with van der Waals surface area (Å²) in [5.41, 5.74) is 1.01. The maximum atomic E-state index is 12.8. The summed E-state index contributed by atoms with van der Waals surface area (Å²) in [7, 11) is 0. The van der Waals surface area contributed by atoms with Gasteiger partial charge in [0, 0.05) is 12.2 Å². The summed E-state index contributed by atoms with van der Waals surface area (Å²) in [6, 6.07) is 9.91. The van der Waals surface area contributed by atoms with E-state index in [1.165, 1.54) is 41.3 Å². The molecule has 27 heavy (non-hydrogen) atoms. The average molecular weight is 370 g/mol. The van der Waals surface area contributed by atoms with E-state index in [-0.39, 0.29) is 29.9 Å². The van der Waals surface area contributed by atoms with E-state index in [4.69, 9.17) is 4.74 Å². The second-order valence-electron chi connectivity index (χ2n) is 6.67. The van der Waals surface area contributed by atoms with Crippen LogP contribution in [0.1, 0.15) is 34.6 Å². The van der Waals surface area contributed by atoms with E-state index in [1.807, 2.05) is 13.8 Å². The summed E-state index contributed by atoms with van der Waals surface area (Å²) in [4.78, 5) is 38.0. The van der Waals surface area contributed by atoms with E-state index in [0.717, 1.165) is 0 Å². The first-order valence-corrected chi connectivity index (χ1v) is 8.53. The van der Waals surface area contributed by atoms with Crippen molar-refractivity contribution in [2.75, 3.05) is 18.5 Å². The first-order valence-electron chi connectivity index (χ1n) is 8.53. The SMILES string of the molecule is CC(C)CN1C(=O)c2ccc(NC(=O)COc3ccc(F)cc3)cc2C1=O. The Morgan fingerprint density at radius 2 is 1.74 bits per heavy atom. The van der Waals surface area contributed by atoms with Gasteiger partial charge in [0.05, 0.1) is 11.1 Å². The van der Waals surface area contributed by atoms with E-state index in [1.54, 1.807) is 6.07 Å². The molecule has 0 radical (unpaired) electrons. The molecule has 1 N–H and O–H groups in total. The standard InChI is InChI=1S/C20H19FN2O4/c1-12(2)10-23-19(25)16-8-5-14(9-17(16)20(23)26)22-18(24)11-27-15-6-3-13(21)4-7-15/h3-9,12H,10-11H2,1-2H3,(H,22,24). The summed E-state index contributed by atoms with van der Waals surface area (Å²) in [6.45, 7) is 3.93. The minimum absolute atomic E-state index is 0.162. The Morgan fingerprint density at radius 1 is 1.07 bits per heavy atom. The van der Waals surface area contributed by atoms with Gasteiger partial charge in [-0.15, -0.1) is 0 Å². The van der Waals surface area contributed by atoms with Crippen LogP contribution in [-0.4, -0.2) is 35.8 Å². The van der Waals surface area contributed by atoms with Crippen LogP contribution in [0.3, 0.4) is 0 Å². The molecule has 7 heteroatoms. The fourth-order valence-electron chi connectivity index (χ4n) is 2.78. The van der Waals surface area contributed by atoms with Crippen LogP contribution in [0.2, 0.25) is 0 Å². The maximum absolute atomic E-state index is 12.8. The van der Waals surface area contributed by atoms with Crippen LogP contribution < -0.4 is 10.1 Å². The summed E-state index contributed by atoms with van der Waals surface area (Å²) < 4.78 is 18.1. The molecule has 6 nitrogen and oxygen atoms in total. The summed E-state index contributed by atoms with van der Waals surface area (Å²) >= 11 is 0.